The lowest BCUT2D eigenvalue weighted by Crippen LogP contribution is -1.81. The summed E-state index contributed by atoms with van der Waals surface area (Å²) in [6.45, 7) is 2.28. The molecule has 0 aliphatic carbocycles. The van der Waals surface area contributed by atoms with E-state index in [1.807, 2.05) is 0 Å². The van der Waals surface area contributed by atoms with Crippen molar-refractivity contribution in [1.82, 2.24) is 0 Å². The number of halogens is 1. The minimum Gasteiger partial charge on any atom is -0.301 e. The van der Waals surface area contributed by atoms with Crippen molar-refractivity contribution in [2.45, 2.75) is 62.8 Å². The normalized spacial score (nSPS) is 9.83. The van der Waals surface area contributed by atoms with Crippen molar-refractivity contribution in [2.75, 3.05) is 0 Å². The van der Waals surface area contributed by atoms with Gasteiger partial charge < -0.3 is 18.9 Å². The predicted octanol–water partition coefficient (Wildman–Crippen LogP) is 4.60. The third kappa shape index (κ3) is 11.5. The monoisotopic (exact) mass is 292 g/mol. The molecule has 0 heterocycles. The van der Waals surface area contributed by atoms with E-state index in [0.29, 0.717) is 16.5 Å². The number of unbranched alkanes of at least 4 members (excludes halogenated alkanes) is 7. The van der Waals surface area contributed by atoms with E-state index in [9.17, 15) is 0 Å². The molecule has 70 valence electrons. The second-order valence-corrected chi connectivity index (χ2v) is 7.84. The Hall–Kier alpha value is 1.50. The van der Waals surface area contributed by atoms with Crippen LogP contribution in [0.1, 0.15) is 58.3 Å². The first-order valence-electron chi connectivity index (χ1n) is 5.47. The molecule has 0 radical (unpaired) electrons. The van der Waals surface area contributed by atoms with Gasteiger partial charge in [0.15, 0.2) is 0 Å². The lowest BCUT2D eigenvalue weighted by atomic mass is 10.1. The maximum Gasteiger partial charge on any atom is 0.463 e. The van der Waals surface area contributed by atoms with E-state index in [2.05, 4.69) is 25.8 Å². The number of hydrogen-bond donors (Lipinski definition) is 0. The van der Waals surface area contributed by atoms with Crippen molar-refractivity contribution in [3.05, 3.63) is 0 Å². The summed E-state index contributed by atoms with van der Waals surface area (Å²) in [6, 6.07) is 0. The van der Waals surface area contributed by atoms with E-state index in [1.165, 1.54) is 51.4 Å². The van der Waals surface area contributed by atoms with Crippen molar-refractivity contribution in [1.29, 1.82) is 0 Å². The number of rotatable bonds is 9. The zero-order valence-corrected chi connectivity index (χ0v) is 12.0. The molecule has 0 aromatic rings. The van der Waals surface area contributed by atoms with Gasteiger partial charge in [-0.1, -0.05) is 58.3 Å². The minimum atomic E-state index is 0.336. The Morgan fingerprint density at radius 2 is 1.33 bits per heavy atom. The Morgan fingerprint density at radius 1 is 0.833 bits per heavy atom. The summed E-state index contributed by atoms with van der Waals surface area (Å²) in [7, 11) is 0. The zero-order chi connectivity index (χ0) is 9.07. The van der Waals surface area contributed by atoms with Gasteiger partial charge in [-0.05, 0) is 0 Å². The summed E-state index contributed by atoms with van der Waals surface area (Å²) in [6.07, 6.45) is 11.8. The predicted molar refractivity (Wildman–Crippen MR) is 67.2 cm³/mol. The van der Waals surface area contributed by atoms with Crippen molar-refractivity contribution >= 4 is 35.3 Å². The Morgan fingerprint density at radius 3 is 1.83 bits per heavy atom. The highest BCUT2D eigenvalue weighted by molar-refractivity contribution is 14.1. The van der Waals surface area contributed by atoms with Crippen molar-refractivity contribution in [2.24, 2.45) is 0 Å². The quantitative estimate of drug-likeness (QED) is 0.331. The molecule has 0 bridgehead atoms. The van der Waals surface area contributed by atoms with E-state index in [-0.39, 0.29) is 0 Å². The van der Waals surface area contributed by atoms with Gasteiger partial charge in [0, 0.05) is 0 Å². The third-order valence-corrected chi connectivity index (χ3v) is 5.29. The second kappa shape index (κ2) is 12.5. The SMILES string of the molecule is CCCCCCCCC[CH2][Mg][I]. The molecule has 2 heteroatoms. The Bertz CT molecular complexity index is 66.2. The summed E-state index contributed by atoms with van der Waals surface area (Å²) in [5.74, 6) is 0. The fourth-order valence-electron chi connectivity index (χ4n) is 1.41. The molecule has 0 spiro atoms. The molecule has 0 N–H and O–H groups in total. The third-order valence-electron chi connectivity index (χ3n) is 2.24. The number of hydrogen-bond acceptors (Lipinski definition) is 0. The molecule has 0 aromatic carbocycles. The van der Waals surface area contributed by atoms with Crippen LogP contribution in [0.15, 0.2) is 0 Å². The van der Waals surface area contributed by atoms with Crippen LogP contribution in [0.3, 0.4) is 0 Å². The summed E-state index contributed by atoms with van der Waals surface area (Å²) in [4.78, 5) is 0. The zero-order valence-electron chi connectivity index (χ0n) is 8.45. The van der Waals surface area contributed by atoms with Gasteiger partial charge in [0.1, 0.15) is 0 Å². The first-order chi connectivity index (χ1) is 5.91. The van der Waals surface area contributed by atoms with Gasteiger partial charge in [-0.25, -0.2) is 0 Å². The maximum absolute atomic E-state index is 2.61. The summed E-state index contributed by atoms with van der Waals surface area (Å²) >= 11 is 2.94. The van der Waals surface area contributed by atoms with Crippen molar-refractivity contribution in [3.63, 3.8) is 0 Å². The molecule has 0 saturated carbocycles. The fourth-order valence-corrected chi connectivity index (χ4v) is 3.57. The second-order valence-electron chi connectivity index (χ2n) is 3.52. The average Bonchev–Trinajstić information content (AvgIpc) is 2.10. The van der Waals surface area contributed by atoms with Gasteiger partial charge in [0.05, 0.1) is 0 Å². The molecule has 0 amide bonds. The summed E-state index contributed by atoms with van der Waals surface area (Å²) in [5.41, 5.74) is 0. The standard InChI is InChI=1S/C10H21.HI.Mg/c1-3-5-7-9-10-8-6-4-2;;/h1,3-10H2,2H3;1H;/q;;+1/p-1. The van der Waals surface area contributed by atoms with Gasteiger partial charge in [0.25, 0.3) is 0 Å². The highest BCUT2D eigenvalue weighted by atomic mass is 127. The fraction of sp³-hybridized carbons (Fsp3) is 1.00. The summed E-state index contributed by atoms with van der Waals surface area (Å²) in [5, 5.41) is 0. The first-order valence-corrected chi connectivity index (χ1v) is 11.6. The lowest BCUT2D eigenvalue weighted by Gasteiger charge is -1.99. The molecule has 12 heavy (non-hydrogen) atoms. The molecule has 0 atom stereocenters. The smallest absolute Gasteiger partial charge is 0.301 e. The van der Waals surface area contributed by atoms with Crippen LogP contribution in [0.5, 0.6) is 0 Å². The summed E-state index contributed by atoms with van der Waals surface area (Å²) < 4.78 is 1.56. The lowest BCUT2D eigenvalue weighted by molar-refractivity contribution is 0.585. The van der Waals surface area contributed by atoms with Gasteiger partial charge >= 0.3 is 16.5 Å². The van der Waals surface area contributed by atoms with E-state index in [1.54, 1.807) is 4.55 Å². The van der Waals surface area contributed by atoms with Gasteiger partial charge in [-0.15, -0.1) is 4.55 Å². The molecule has 0 saturated heterocycles. The highest BCUT2D eigenvalue weighted by Crippen LogP contribution is 2.09. The van der Waals surface area contributed by atoms with Crippen LogP contribution >= 0.6 is 18.9 Å². The topological polar surface area (TPSA) is 0 Å². The van der Waals surface area contributed by atoms with Gasteiger partial charge in [-0.2, -0.15) is 0 Å². The molecule has 0 fully saturated rings. The van der Waals surface area contributed by atoms with Crippen LogP contribution in [-0.4, -0.2) is 16.5 Å². The molecule has 0 rings (SSSR count). The van der Waals surface area contributed by atoms with E-state index in [0.717, 1.165) is 0 Å². The average molecular weight is 292 g/mol. The largest absolute Gasteiger partial charge is 0.463 e. The van der Waals surface area contributed by atoms with Crippen LogP contribution in [-0.2, 0) is 0 Å². The molecule has 0 unspecified atom stereocenters. The van der Waals surface area contributed by atoms with Gasteiger partial charge in [0.2, 0.25) is 0 Å². The molecular weight excluding hydrogens is 271 g/mol. The van der Waals surface area contributed by atoms with E-state index >= 15 is 0 Å². The molecule has 0 aromatic heterocycles. The van der Waals surface area contributed by atoms with Crippen LogP contribution in [0.4, 0.5) is 0 Å². The molecule has 0 aliphatic heterocycles. The van der Waals surface area contributed by atoms with Crippen molar-refractivity contribution in [3.8, 4) is 0 Å². The van der Waals surface area contributed by atoms with Crippen molar-refractivity contribution < 1.29 is 0 Å². The van der Waals surface area contributed by atoms with Crippen LogP contribution in [0.25, 0.3) is 0 Å². The minimum absolute atomic E-state index is 0.336. The van der Waals surface area contributed by atoms with Crippen LogP contribution < -0.4 is 0 Å². The Labute approximate surface area is 97.4 Å². The molecule has 0 aliphatic rings. The van der Waals surface area contributed by atoms with Crippen LogP contribution in [0, 0.1) is 0 Å². The van der Waals surface area contributed by atoms with E-state index in [4.69, 9.17) is 0 Å². The van der Waals surface area contributed by atoms with E-state index < -0.39 is 0 Å². The molecular formula is C10H21IMg. The Balaban J connectivity index is 2.73. The Kier molecular flexibility index (Phi) is 14.1. The molecule has 0 nitrogen and oxygen atoms in total. The first kappa shape index (κ1) is 13.5. The van der Waals surface area contributed by atoms with Gasteiger partial charge in [-0.3, -0.25) is 0 Å². The highest BCUT2D eigenvalue weighted by Gasteiger charge is 1.92. The maximum atomic E-state index is 2.61. The van der Waals surface area contributed by atoms with Crippen LogP contribution in [0.2, 0.25) is 4.55 Å².